The number of amides is 1. The van der Waals surface area contributed by atoms with Crippen LogP contribution in [0.25, 0.3) is 11.0 Å². The highest BCUT2D eigenvalue weighted by Crippen LogP contribution is 2.29. The van der Waals surface area contributed by atoms with Crippen molar-refractivity contribution in [3.05, 3.63) is 70.6 Å². The second kappa shape index (κ2) is 8.18. The van der Waals surface area contributed by atoms with E-state index in [0.29, 0.717) is 23.2 Å². The summed E-state index contributed by atoms with van der Waals surface area (Å²) in [5, 5.41) is 6.30. The number of benzene rings is 2. The lowest BCUT2D eigenvalue weighted by atomic mass is 10.1. The second-order valence-electron chi connectivity index (χ2n) is 5.78. The first kappa shape index (κ1) is 18.2. The summed E-state index contributed by atoms with van der Waals surface area (Å²) in [6.07, 6.45) is -0.499. The van der Waals surface area contributed by atoms with Gasteiger partial charge in [-0.1, -0.05) is 42.5 Å². The van der Waals surface area contributed by atoms with Gasteiger partial charge >= 0.3 is 11.6 Å². The summed E-state index contributed by atoms with van der Waals surface area (Å²) in [6, 6.07) is 16.6. The van der Waals surface area contributed by atoms with Gasteiger partial charge in [0.15, 0.2) is 5.69 Å². The van der Waals surface area contributed by atoms with Gasteiger partial charge in [0.1, 0.15) is 12.0 Å². The Morgan fingerprint density at radius 1 is 1.00 bits per heavy atom. The third-order valence-electron chi connectivity index (χ3n) is 3.92. The summed E-state index contributed by atoms with van der Waals surface area (Å²) < 4.78 is 9.77. The van der Waals surface area contributed by atoms with Gasteiger partial charge in [0.25, 0.3) is 0 Å². The van der Waals surface area contributed by atoms with E-state index in [2.05, 4.69) is 15.4 Å². The minimum atomic E-state index is -0.706. The van der Waals surface area contributed by atoms with Gasteiger partial charge in [-0.2, -0.15) is 0 Å². The molecule has 0 aliphatic heterocycles. The standard InChI is InChI=1S/C20H18N2O5/c1-26-17(24)11-16(23)22-19-18(21-12-13-7-3-2-4-8-13)14-9-5-6-10-15(14)27-20(19)25/h2-10,21H,11-12H2,1H3,(H,22,23). The van der Waals surface area contributed by atoms with E-state index in [-0.39, 0.29) is 5.69 Å². The molecular formula is C20H18N2O5. The van der Waals surface area contributed by atoms with E-state index < -0.39 is 23.9 Å². The lowest BCUT2D eigenvalue weighted by Crippen LogP contribution is -2.22. The fraction of sp³-hybridized carbons (Fsp3) is 0.150. The first-order chi connectivity index (χ1) is 13.1. The molecule has 7 nitrogen and oxygen atoms in total. The minimum absolute atomic E-state index is 0.0430. The molecule has 1 heterocycles. The molecule has 1 aromatic heterocycles. The Morgan fingerprint density at radius 2 is 1.70 bits per heavy atom. The molecule has 138 valence electrons. The van der Waals surface area contributed by atoms with Crippen LogP contribution in [0, 0.1) is 0 Å². The number of carbonyl (C=O) groups excluding carboxylic acids is 2. The van der Waals surface area contributed by atoms with Crippen LogP contribution in [-0.4, -0.2) is 19.0 Å². The summed E-state index contributed by atoms with van der Waals surface area (Å²) >= 11 is 0. The predicted octanol–water partition coefficient (Wildman–Crippen LogP) is 2.91. The van der Waals surface area contributed by atoms with Gasteiger partial charge in [-0.25, -0.2) is 4.79 Å². The zero-order valence-electron chi connectivity index (χ0n) is 14.7. The highest BCUT2D eigenvalue weighted by Gasteiger charge is 2.18. The van der Waals surface area contributed by atoms with E-state index >= 15 is 0 Å². The molecule has 3 aromatic rings. The number of hydrogen-bond acceptors (Lipinski definition) is 6. The van der Waals surface area contributed by atoms with Crippen LogP contribution in [0.1, 0.15) is 12.0 Å². The molecule has 2 aromatic carbocycles. The zero-order valence-corrected chi connectivity index (χ0v) is 14.7. The molecule has 0 bridgehead atoms. The van der Waals surface area contributed by atoms with Crippen LogP contribution in [0.2, 0.25) is 0 Å². The topological polar surface area (TPSA) is 97.6 Å². The van der Waals surface area contributed by atoms with Crippen molar-refractivity contribution in [2.45, 2.75) is 13.0 Å². The zero-order chi connectivity index (χ0) is 19.2. The normalized spacial score (nSPS) is 10.4. The van der Waals surface area contributed by atoms with E-state index in [4.69, 9.17) is 4.42 Å². The summed E-state index contributed by atoms with van der Waals surface area (Å²) in [5.74, 6) is -1.36. The number of para-hydroxylation sites is 1. The number of nitrogens with one attached hydrogen (secondary N) is 2. The Morgan fingerprint density at radius 3 is 2.44 bits per heavy atom. The summed E-state index contributed by atoms with van der Waals surface area (Å²) in [6.45, 7) is 0.439. The highest BCUT2D eigenvalue weighted by molar-refractivity contribution is 6.06. The Kier molecular flexibility index (Phi) is 5.51. The molecule has 0 aliphatic rings. The number of rotatable bonds is 6. The third kappa shape index (κ3) is 4.33. The SMILES string of the molecule is COC(=O)CC(=O)Nc1c(NCc2ccccc2)c2ccccc2oc1=O. The largest absolute Gasteiger partial charge is 0.469 e. The number of ether oxygens (including phenoxy) is 1. The molecule has 7 heteroatoms. The van der Waals surface area contributed by atoms with Gasteiger partial charge in [-0.05, 0) is 17.7 Å². The van der Waals surface area contributed by atoms with Crippen LogP contribution >= 0.6 is 0 Å². The first-order valence-electron chi connectivity index (χ1n) is 8.29. The number of carbonyl (C=O) groups is 2. The van der Waals surface area contributed by atoms with Crippen molar-refractivity contribution in [1.82, 2.24) is 0 Å². The van der Waals surface area contributed by atoms with Gasteiger partial charge in [0, 0.05) is 11.9 Å². The van der Waals surface area contributed by atoms with Crippen molar-refractivity contribution in [2.24, 2.45) is 0 Å². The monoisotopic (exact) mass is 366 g/mol. The number of methoxy groups -OCH3 is 1. The van der Waals surface area contributed by atoms with Crippen molar-refractivity contribution < 1.29 is 18.7 Å². The van der Waals surface area contributed by atoms with E-state index in [1.54, 1.807) is 24.3 Å². The molecule has 3 rings (SSSR count). The molecule has 0 radical (unpaired) electrons. The molecule has 0 unspecified atom stereocenters. The lowest BCUT2D eigenvalue weighted by molar-refractivity contribution is -0.142. The maximum atomic E-state index is 12.4. The predicted molar refractivity (Wildman–Crippen MR) is 102 cm³/mol. The fourth-order valence-electron chi connectivity index (χ4n) is 2.62. The summed E-state index contributed by atoms with van der Waals surface area (Å²) in [5.41, 5.74) is 1.08. The summed E-state index contributed by atoms with van der Waals surface area (Å²) in [4.78, 5) is 35.8. The van der Waals surface area contributed by atoms with Crippen molar-refractivity contribution in [1.29, 1.82) is 0 Å². The molecule has 0 saturated heterocycles. The lowest BCUT2D eigenvalue weighted by Gasteiger charge is -2.14. The molecular weight excluding hydrogens is 348 g/mol. The van der Waals surface area contributed by atoms with Crippen molar-refractivity contribution >= 4 is 34.2 Å². The quantitative estimate of drug-likeness (QED) is 0.395. The van der Waals surface area contributed by atoms with Crippen molar-refractivity contribution in [3.8, 4) is 0 Å². The molecule has 1 amide bonds. The van der Waals surface area contributed by atoms with Crippen LogP contribution in [0.15, 0.2) is 63.8 Å². The van der Waals surface area contributed by atoms with Crippen molar-refractivity contribution in [2.75, 3.05) is 17.7 Å². The molecule has 0 fully saturated rings. The van der Waals surface area contributed by atoms with Gasteiger partial charge in [0.2, 0.25) is 5.91 Å². The van der Waals surface area contributed by atoms with Gasteiger partial charge in [-0.3, -0.25) is 9.59 Å². The number of fused-ring (bicyclic) bond motifs is 1. The van der Waals surface area contributed by atoms with E-state index in [9.17, 15) is 14.4 Å². The van der Waals surface area contributed by atoms with Crippen LogP contribution in [0.5, 0.6) is 0 Å². The average molecular weight is 366 g/mol. The molecule has 2 N–H and O–H groups in total. The third-order valence-corrected chi connectivity index (χ3v) is 3.92. The van der Waals surface area contributed by atoms with Gasteiger partial charge < -0.3 is 19.8 Å². The molecule has 0 saturated carbocycles. The second-order valence-corrected chi connectivity index (χ2v) is 5.78. The molecule has 0 spiro atoms. The molecule has 0 atom stereocenters. The Hall–Kier alpha value is -3.61. The Bertz CT molecular complexity index is 1030. The van der Waals surface area contributed by atoms with Gasteiger partial charge in [0.05, 0.1) is 12.8 Å². The summed E-state index contributed by atoms with van der Waals surface area (Å²) in [7, 11) is 1.19. The number of esters is 1. The van der Waals surface area contributed by atoms with E-state index in [0.717, 1.165) is 5.56 Å². The number of anilines is 2. The van der Waals surface area contributed by atoms with Crippen LogP contribution < -0.4 is 16.3 Å². The fourth-order valence-corrected chi connectivity index (χ4v) is 2.62. The van der Waals surface area contributed by atoms with E-state index in [1.165, 1.54) is 7.11 Å². The molecule has 27 heavy (non-hydrogen) atoms. The highest BCUT2D eigenvalue weighted by atomic mass is 16.5. The van der Waals surface area contributed by atoms with Crippen LogP contribution in [-0.2, 0) is 20.9 Å². The maximum absolute atomic E-state index is 12.4. The first-order valence-corrected chi connectivity index (χ1v) is 8.29. The van der Waals surface area contributed by atoms with Crippen molar-refractivity contribution in [3.63, 3.8) is 0 Å². The Labute approximate surface area is 154 Å². The maximum Gasteiger partial charge on any atom is 0.362 e. The number of hydrogen-bond donors (Lipinski definition) is 2. The smallest absolute Gasteiger partial charge is 0.362 e. The average Bonchev–Trinajstić information content (AvgIpc) is 2.68. The Balaban J connectivity index is 1.98. The van der Waals surface area contributed by atoms with Crippen LogP contribution in [0.4, 0.5) is 11.4 Å². The molecule has 0 aliphatic carbocycles. The van der Waals surface area contributed by atoms with Crippen LogP contribution in [0.3, 0.4) is 0 Å². The van der Waals surface area contributed by atoms with E-state index in [1.807, 2.05) is 30.3 Å². The minimum Gasteiger partial charge on any atom is -0.469 e. The van der Waals surface area contributed by atoms with Gasteiger partial charge in [-0.15, -0.1) is 0 Å².